The molecule has 0 radical (unpaired) electrons. The highest BCUT2D eigenvalue weighted by Crippen LogP contribution is 2.46. The number of fused-ring (bicyclic) bond motifs is 1. The topological polar surface area (TPSA) is 78.6 Å². The lowest BCUT2D eigenvalue weighted by molar-refractivity contribution is -0.134. The van der Waals surface area contributed by atoms with Gasteiger partial charge < -0.3 is 14.0 Å². The Labute approximate surface area is 161 Å². The van der Waals surface area contributed by atoms with Crippen molar-refractivity contribution in [1.29, 1.82) is 0 Å². The number of carbonyl (C=O) groups is 2. The Bertz CT molecular complexity index is 1060. The number of halogens is 1. The van der Waals surface area contributed by atoms with Crippen molar-refractivity contribution in [3.63, 3.8) is 0 Å². The van der Waals surface area contributed by atoms with Crippen molar-refractivity contribution in [2.24, 2.45) is 0 Å². The molecule has 3 aromatic rings. The second-order valence-electron chi connectivity index (χ2n) is 7.43. The summed E-state index contributed by atoms with van der Waals surface area (Å²) in [4.78, 5) is 23.4. The van der Waals surface area contributed by atoms with Crippen molar-refractivity contribution in [3.8, 4) is 22.8 Å². The van der Waals surface area contributed by atoms with Crippen LogP contribution in [0, 0.1) is 5.82 Å². The van der Waals surface area contributed by atoms with Crippen molar-refractivity contribution in [2.75, 3.05) is 0 Å². The van der Waals surface area contributed by atoms with Crippen LogP contribution in [0.15, 0.2) is 34.9 Å². The number of esters is 2. The molecule has 0 spiro atoms. The van der Waals surface area contributed by atoms with Gasteiger partial charge >= 0.3 is 11.9 Å². The molecule has 0 N–H and O–H groups in total. The van der Waals surface area contributed by atoms with Crippen LogP contribution in [0.4, 0.5) is 4.39 Å². The molecule has 1 aromatic heterocycles. The van der Waals surface area contributed by atoms with Crippen molar-refractivity contribution < 1.29 is 28.0 Å². The Morgan fingerprint density at radius 1 is 1.04 bits per heavy atom. The lowest BCUT2D eigenvalue weighted by Gasteiger charge is -2.21. The summed E-state index contributed by atoms with van der Waals surface area (Å²) < 4.78 is 29.7. The van der Waals surface area contributed by atoms with Gasteiger partial charge in [0, 0.05) is 25.0 Å². The maximum atomic E-state index is 13.4. The Kier molecular flexibility index (Phi) is 4.93. The highest BCUT2D eigenvalue weighted by atomic mass is 19.1. The molecular weight excluding hydrogens is 365 g/mol. The lowest BCUT2D eigenvalue weighted by atomic mass is 9.85. The molecule has 3 rings (SSSR count). The van der Waals surface area contributed by atoms with E-state index in [9.17, 15) is 14.0 Å². The number of aromatic nitrogens is 1. The second kappa shape index (κ2) is 7.07. The highest BCUT2D eigenvalue weighted by molar-refractivity contribution is 6.01. The van der Waals surface area contributed by atoms with E-state index in [1.165, 1.54) is 26.0 Å². The van der Waals surface area contributed by atoms with E-state index in [4.69, 9.17) is 14.0 Å². The average Bonchev–Trinajstić information content (AvgIpc) is 3.00. The summed E-state index contributed by atoms with van der Waals surface area (Å²) in [7, 11) is 0. The Hall–Kier alpha value is -3.22. The van der Waals surface area contributed by atoms with E-state index in [0.717, 1.165) is 5.56 Å². The van der Waals surface area contributed by atoms with Gasteiger partial charge in [0.05, 0.1) is 5.39 Å². The Morgan fingerprint density at radius 2 is 1.64 bits per heavy atom. The molecule has 28 heavy (non-hydrogen) atoms. The largest absolute Gasteiger partial charge is 0.423 e. The van der Waals surface area contributed by atoms with E-state index in [2.05, 4.69) is 5.16 Å². The molecule has 0 saturated carbocycles. The number of rotatable bonds is 3. The Balaban J connectivity index is 2.41. The Morgan fingerprint density at radius 3 is 2.18 bits per heavy atom. The van der Waals surface area contributed by atoms with Crippen LogP contribution in [0.25, 0.3) is 22.2 Å². The molecule has 2 aromatic carbocycles. The quantitative estimate of drug-likeness (QED) is 0.477. The van der Waals surface area contributed by atoms with Crippen LogP contribution in [0.3, 0.4) is 0 Å². The summed E-state index contributed by atoms with van der Waals surface area (Å²) in [6, 6.07) is 7.28. The number of benzene rings is 2. The predicted octanol–water partition coefficient (Wildman–Crippen LogP) is 4.78. The SMILES string of the molecule is CC(=O)Oc1cc(C(C)(C)C)c2onc(-c3ccc(F)cc3)c2c1OC(C)=O. The fraction of sp³-hybridized carbons (Fsp3) is 0.286. The molecule has 0 unspecified atom stereocenters. The smallest absolute Gasteiger partial charge is 0.308 e. The minimum absolute atomic E-state index is 0.0336. The first kappa shape index (κ1) is 19.5. The fourth-order valence-electron chi connectivity index (χ4n) is 2.91. The van der Waals surface area contributed by atoms with Crippen LogP contribution in [-0.2, 0) is 15.0 Å². The van der Waals surface area contributed by atoms with Gasteiger partial charge in [-0.2, -0.15) is 0 Å². The molecular formula is C21H20FNO5. The first-order valence-corrected chi connectivity index (χ1v) is 8.67. The van der Waals surface area contributed by atoms with Gasteiger partial charge in [0.2, 0.25) is 0 Å². The maximum absolute atomic E-state index is 13.4. The molecule has 146 valence electrons. The lowest BCUT2D eigenvalue weighted by Crippen LogP contribution is -2.14. The summed E-state index contributed by atoms with van der Waals surface area (Å²) in [5.74, 6) is -1.43. The third kappa shape index (κ3) is 3.74. The van der Waals surface area contributed by atoms with Gasteiger partial charge in [-0.15, -0.1) is 0 Å². The van der Waals surface area contributed by atoms with Gasteiger partial charge in [0.1, 0.15) is 11.5 Å². The highest BCUT2D eigenvalue weighted by Gasteiger charge is 2.29. The van der Waals surface area contributed by atoms with E-state index in [1.54, 1.807) is 18.2 Å². The average molecular weight is 385 g/mol. The van der Waals surface area contributed by atoms with Crippen LogP contribution in [-0.4, -0.2) is 17.1 Å². The fourth-order valence-corrected chi connectivity index (χ4v) is 2.91. The van der Waals surface area contributed by atoms with Crippen LogP contribution in [0.5, 0.6) is 11.5 Å². The monoisotopic (exact) mass is 385 g/mol. The standard InChI is InChI=1S/C21H20FNO5/c1-11(24)26-16-10-15(21(3,4)5)19-17(20(16)27-12(2)25)18(23-28-19)13-6-8-14(22)9-7-13/h6-10H,1-5H3. The number of carbonyl (C=O) groups excluding carboxylic acids is 2. The summed E-state index contributed by atoms with van der Waals surface area (Å²) >= 11 is 0. The zero-order chi connectivity index (χ0) is 20.6. The maximum Gasteiger partial charge on any atom is 0.308 e. The molecule has 0 saturated heterocycles. The van der Waals surface area contributed by atoms with Gasteiger partial charge in [-0.25, -0.2) is 4.39 Å². The number of nitrogens with zero attached hydrogens (tertiary/aromatic N) is 1. The minimum Gasteiger partial charge on any atom is -0.423 e. The van der Waals surface area contributed by atoms with Crippen molar-refractivity contribution in [3.05, 3.63) is 41.7 Å². The molecule has 0 aliphatic heterocycles. The molecule has 6 nitrogen and oxygen atoms in total. The van der Waals surface area contributed by atoms with Gasteiger partial charge in [0.15, 0.2) is 17.1 Å². The van der Waals surface area contributed by atoms with Gasteiger partial charge in [-0.05, 0) is 35.7 Å². The van der Waals surface area contributed by atoms with E-state index in [-0.39, 0.29) is 16.9 Å². The van der Waals surface area contributed by atoms with Gasteiger partial charge in [-0.3, -0.25) is 9.59 Å². The third-order valence-electron chi connectivity index (χ3n) is 4.09. The molecule has 0 atom stereocenters. The van der Waals surface area contributed by atoms with E-state index in [0.29, 0.717) is 22.2 Å². The molecule has 0 aliphatic rings. The van der Waals surface area contributed by atoms with Crippen molar-refractivity contribution >= 4 is 22.9 Å². The zero-order valence-corrected chi connectivity index (χ0v) is 16.3. The summed E-state index contributed by atoms with van der Waals surface area (Å²) in [5, 5.41) is 4.51. The summed E-state index contributed by atoms with van der Waals surface area (Å²) in [5.41, 5.74) is 1.65. The number of hydrogen-bond donors (Lipinski definition) is 0. The van der Waals surface area contributed by atoms with E-state index in [1.807, 2.05) is 20.8 Å². The molecule has 7 heteroatoms. The number of hydrogen-bond acceptors (Lipinski definition) is 6. The van der Waals surface area contributed by atoms with Crippen LogP contribution in [0.1, 0.15) is 40.2 Å². The second-order valence-corrected chi connectivity index (χ2v) is 7.43. The van der Waals surface area contributed by atoms with Crippen LogP contribution >= 0.6 is 0 Å². The van der Waals surface area contributed by atoms with Gasteiger partial charge in [-0.1, -0.05) is 25.9 Å². The van der Waals surface area contributed by atoms with E-state index < -0.39 is 17.8 Å². The molecule has 0 bridgehead atoms. The van der Waals surface area contributed by atoms with Crippen molar-refractivity contribution in [1.82, 2.24) is 5.16 Å². The molecule has 0 fully saturated rings. The molecule has 1 heterocycles. The van der Waals surface area contributed by atoms with Crippen molar-refractivity contribution in [2.45, 2.75) is 40.0 Å². The van der Waals surface area contributed by atoms with Crippen LogP contribution < -0.4 is 9.47 Å². The summed E-state index contributed by atoms with van der Waals surface area (Å²) in [6.45, 7) is 8.39. The predicted molar refractivity (Wildman–Crippen MR) is 101 cm³/mol. The molecule has 0 amide bonds. The number of ether oxygens (including phenoxy) is 2. The minimum atomic E-state index is -0.593. The van der Waals surface area contributed by atoms with E-state index >= 15 is 0 Å². The van der Waals surface area contributed by atoms with Crippen LogP contribution in [0.2, 0.25) is 0 Å². The molecule has 0 aliphatic carbocycles. The third-order valence-corrected chi connectivity index (χ3v) is 4.09. The first-order valence-electron chi connectivity index (χ1n) is 8.67. The zero-order valence-electron chi connectivity index (χ0n) is 16.3. The normalized spacial score (nSPS) is 11.5. The van der Waals surface area contributed by atoms with Gasteiger partial charge in [0.25, 0.3) is 0 Å². The summed E-state index contributed by atoms with van der Waals surface area (Å²) in [6.07, 6.45) is 0. The first-order chi connectivity index (χ1) is 13.1.